The minimum atomic E-state index is -0.196. The van der Waals surface area contributed by atoms with Crippen LogP contribution < -0.4 is 10.3 Å². The zero-order valence-electron chi connectivity index (χ0n) is 12.2. The molecule has 0 fully saturated rings. The van der Waals surface area contributed by atoms with E-state index in [4.69, 9.17) is 4.74 Å². The summed E-state index contributed by atoms with van der Waals surface area (Å²) < 4.78 is 6.73. The molecule has 0 atom stereocenters. The molecule has 0 N–H and O–H groups in total. The van der Waals surface area contributed by atoms with Gasteiger partial charge in [0, 0.05) is 18.1 Å². The molecule has 112 valence electrons. The Kier molecular flexibility index (Phi) is 3.06. The number of rotatable bonds is 3. The van der Waals surface area contributed by atoms with E-state index in [0.717, 1.165) is 48.3 Å². The molecular weight excluding hydrogens is 280 g/mol. The normalized spacial score (nSPS) is 15.3. The summed E-state index contributed by atoms with van der Waals surface area (Å²) in [7, 11) is 0. The summed E-state index contributed by atoms with van der Waals surface area (Å²) in [6.45, 7) is 0.657. The van der Waals surface area contributed by atoms with Crippen molar-refractivity contribution in [3.05, 3.63) is 57.0 Å². The average Bonchev–Trinajstić information content (AvgIpc) is 3.14. The first kappa shape index (κ1) is 13.2. The number of hydrogen-bond donors (Lipinski definition) is 0. The molecule has 22 heavy (non-hydrogen) atoms. The van der Waals surface area contributed by atoms with Crippen LogP contribution in [0.2, 0.25) is 0 Å². The SMILES string of the molecule is O=C(Cn1nc2c(cc1=O)CCC2)c1ccc2c(c1)CCO2. The number of ether oxygens (including phenoxy) is 1. The fraction of sp³-hybridized carbons (Fsp3) is 0.353. The molecule has 0 bridgehead atoms. The maximum Gasteiger partial charge on any atom is 0.267 e. The van der Waals surface area contributed by atoms with Crippen molar-refractivity contribution in [2.75, 3.05) is 6.61 Å². The highest BCUT2D eigenvalue weighted by molar-refractivity contribution is 5.96. The van der Waals surface area contributed by atoms with E-state index in [1.807, 2.05) is 12.1 Å². The van der Waals surface area contributed by atoms with Gasteiger partial charge in [-0.05, 0) is 48.6 Å². The molecule has 5 nitrogen and oxygen atoms in total. The van der Waals surface area contributed by atoms with E-state index < -0.39 is 0 Å². The zero-order valence-corrected chi connectivity index (χ0v) is 12.2. The maximum absolute atomic E-state index is 12.4. The van der Waals surface area contributed by atoms with Gasteiger partial charge in [0.1, 0.15) is 12.3 Å². The lowest BCUT2D eigenvalue weighted by Crippen LogP contribution is -2.27. The van der Waals surface area contributed by atoms with Gasteiger partial charge in [-0.15, -0.1) is 0 Å². The highest BCUT2D eigenvalue weighted by atomic mass is 16.5. The van der Waals surface area contributed by atoms with Gasteiger partial charge in [0.15, 0.2) is 5.78 Å². The molecule has 0 saturated carbocycles. The van der Waals surface area contributed by atoms with Crippen LogP contribution in [0.3, 0.4) is 0 Å². The summed E-state index contributed by atoms with van der Waals surface area (Å²) in [6, 6.07) is 7.07. The Morgan fingerprint density at radius 3 is 3.00 bits per heavy atom. The third-order valence-electron chi connectivity index (χ3n) is 4.33. The van der Waals surface area contributed by atoms with Crippen molar-refractivity contribution in [1.29, 1.82) is 0 Å². The summed E-state index contributed by atoms with van der Waals surface area (Å²) in [4.78, 5) is 24.5. The van der Waals surface area contributed by atoms with Gasteiger partial charge in [-0.25, -0.2) is 4.68 Å². The minimum absolute atomic E-state index is 0.00818. The van der Waals surface area contributed by atoms with Gasteiger partial charge in [-0.3, -0.25) is 9.59 Å². The summed E-state index contributed by atoms with van der Waals surface area (Å²) in [5.41, 5.74) is 3.45. The van der Waals surface area contributed by atoms with E-state index in [1.165, 1.54) is 4.68 Å². The quantitative estimate of drug-likeness (QED) is 0.806. The average molecular weight is 296 g/mol. The number of aromatic nitrogens is 2. The monoisotopic (exact) mass is 296 g/mol. The van der Waals surface area contributed by atoms with Crippen molar-refractivity contribution in [2.45, 2.75) is 32.2 Å². The zero-order chi connectivity index (χ0) is 15.1. The summed E-state index contributed by atoms with van der Waals surface area (Å²) >= 11 is 0. The van der Waals surface area contributed by atoms with Crippen molar-refractivity contribution >= 4 is 5.78 Å². The molecule has 0 amide bonds. The smallest absolute Gasteiger partial charge is 0.267 e. The Bertz CT molecular complexity index is 823. The van der Waals surface area contributed by atoms with Gasteiger partial charge in [0.25, 0.3) is 5.56 Å². The Morgan fingerprint density at radius 2 is 2.09 bits per heavy atom. The molecule has 1 aromatic heterocycles. The second-order valence-corrected chi connectivity index (χ2v) is 5.81. The largest absolute Gasteiger partial charge is 0.493 e. The van der Waals surface area contributed by atoms with E-state index in [0.29, 0.717) is 12.2 Å². The van der Waals surface area contributed by atoms with Crippen LogP contribution >= 0.6 is 0 Å². The fourth-order valence-electron chi connectivity index (χ4n) is 3.14. The maximum atomic E-state index is 12.4. The summed E-state index contributed by atoms with van der Waals surface area (Å²) in [5.74, 6) is 0.756. The van der Waals surface area contributed by atoms with Crippen LogP contribution in [-0.2, 0) is 25.8 Å². The lowest BCUT2D eigenvalue weighted by Gasteiger charge is -2.07. The third kappa shape index (κ3) is 2.22. The lowest BCUT2D eigenvalue weighted by atomic mass is 10.1. The molecule has 4 rings (SSSR count). The topological polar surface area (TPSA) is 61.2 Å². The van der Waals surface area contributed by atoms with Crippen molar-refractivity contribution in [2.24, 2.45) is 0 Å². The van der Waals surface area contributed by atoms with Crippen LogP contribution in [0.4, 0.5) is 0 Å². The molecule has 1 aliphatic heterocycles. The minimum Gasteiger partial charge on any atom is -0.493 e. The molecule has 2 heterocycles. The number of carbonyl (C=O) groups excluding carboxylic acids is 1. The third-order valence-corrected chi connectivity index (χ3v) is 4.33. The Hall–Kier alpha value is -2.43. The molecular formula is C17H16N2O3. The van der Waals surface area contributed by atoms with Gasteiger partial charge in [0.2, 0.25) is 0 Å². The highest BCUT2D eigenvalue weighted by Gasteiger charge is 2.18. The second-order valence-electron chi connectivity index (χ2n) is 5.81. The van der Waals surface area contributed by atoms with Crippen molar-refractivity contribution in [3.63, 3.8) is 0 Å². The number of carbonyl (C=O) groups is 1. The second kappa shape index (κ2) is 5.09. The molecule has 1 aliphatic carbocycles. The lowest BCUT2D eigenvalue weighted by molar-refractivity contribution is 0.0965. The van der Waals surface area contributed by atoms with E-state index in [-0.39, 0.29) is 17.9 Å². The Labute approximate surface area is 127 Å². The molecule has 0 radical (unpaired) electrons. The summed E-state index contributed by atoms with van der Waals surface area (Å²) in [5, 5.41) is 4.35. The number of Topliss-reactive ketones (excluding diaryl/α,β-unsaturated/α-hetero) is 1. The van der Waals surface area contributed by atoms with Crippen LogP contribution in [0, 0.1) is 0 Å². The van der Waals surface area contributed by atoms with Crippen LogP contribution in [0.1, 0.15) is 33.6 Å². The van der Waals surface area contributed by atoms with Gasteiger partial charge in [0.05, 0.1) is 12.3 Å². The number of hydrogen-bond acceptors (Lipinski definition) is 4. The molecule has 0 unspecified atom stereocenters. The van der Waals surface area contributed by atoms with Crippen molar-refractivity contribution in [1.82, 2.24) is 9.78 Å². The molecule has 2 aromatic rings. The van der Waals surface area contributed by atoms with Crippen LogP contribution in [-0.4, -0.2) is 22.2 Å². The standard InChI is InChI=1S/C17H16N2O3/c20-15(12-4-5-16-13(8-12)6-7-22-16)10-19-17(21)9-11-2-1-3-14(11)18-19/h4-5,8-9H,1-3,6-7,10H2. The number of nitrogens with zero attached hydrogens (tertiary/aromatic N) is 2. The molecule has 5 heteroatoms. The first-order valence-electron chi connectivity index (χ1n) is 7.59. The number of aryl methyl sites for hydroxylation is 2. The predicted molar refractivity (Wildman–Crippen MR) is 80.5 cm³/mol. The van der Waals surface area contributed by atoms with E-state index in [2.05, 4.69) is 5.10 Å². The summed E-state index contributed by atoms with van der Waals surface area (Å²) in [6.07, 6.45) is 3.66. The Balaban J connectivity index is 1.61. The first-order chi connectivity index (χ1) is 10.7. The van der Waals surface area contributed by atoms with Gasteiger partial charge in [-0.2, -0.15) is 5.10 Å². The Morgan fingerprint density at radius 1 is 1.18 bits per heavy atom. The van der Waals surface area contributed by atoms with Crippen molar-refractivity contribution < 1.29 is 9.53 Å². The van der Waals surface area contributed by atoms with Gasteiger partial charge < -0.3 is 4.74 Å². The first-order valence-corrected chi connectivity index (χ1v) is 7.59. The molecule has 0 saturated heterocycles. The van der Waals surface area contributed by atoms with E-state index in [9.17, 15) is 9.59 Å². The number of benzene rings is 1. The molecule has 2 aliphatic rings. The van der Waals surface area contributed by atoms with Crippen LogP contribution in [0.5, 0.6) is 5.75 Å². The molecule has 1 aromatic carbocycles. The van der Waals surface area contributed by atoms with Crippen molar-refractivity contribution in [3.8, 4) is 5.75 Å². The van der Waals surface area contributed by atoms with Gasteiger partial charge in [-0.1, -0.05) is 0 Å². The van der Waals surface area contributed by atoms with E-state index in [1.54, 1.807) is 12.1 Å². The van der Waals surface area contributed by atoms with E-state index >= 15 is 0 Å². The predicted octanol–water partition coefficient (Wildman–Crippen LogP) is 1.55. The number of ketones is 1. The van der Waals surface area contributed by atoms with Gasteiger partial charge >= 0.3 is 0 Å². The number of fused-ring (bicyclic) bond motifs is 2. The fourth-order valence-corrected chi connectivity index (χ4v) is 3.14. The molecule has 0 spiro atoms. The highest BCUT2D eigenvalue weighted by Crippen LogP contribution is 2.26. The van der Waals surface area contributed by atoms with Crippen LogP contribution in [0.15, 0.2) is 29.1 Å². The van der Waals surface area contributed by atoms with Crippen LogP contribution in [0.25, 0.3) is 0 Å².